The molecule has 1 aliphatic heterocycles. The average molecular weight is 280 g/mol. The normalized spacial score (nSPS) is 20.9. The molecule has 1 aliphatic rings. The Kier molecular flexibility index (Phi) is 4.20. The highest BCUT2D eigenvalue weighted by molar-refractivity contribution is 7.88. The summed E-state index contributed by atoms with van der Waals surface area (Å²) >= 11 is 0. The first-order chi connectivity index (χ1) is 9.03. The molecule has 2 rings (SSSR count). The molecule has 1 aromatic rings. The number of benzene rings is 1. The van der Waals surface area contributed by atoms with Crippen LogP contribution in [0.2, 0.25) is 0 Å². The van der Waals surface area contributed by atoms with Gasteiger partial charge in [0.15, 0.2) is 0 Å². The predicted molar refractivity (Wildman–Crippen MR) is 70.8 cm³/mol. The molecule has 0 saturated carbocycles. The maximum Gasteiger partial charge on any atom is 0.218 e. The topological polar surface area (TPSA) is 70.4 Å². The molecule has 0 aromatic heterocycles. The summed E-state index contributed by atoms with van der Waals surface area (Å²) in [5.41, 5.74) is 1.22. The highest BCUT2D eigenvalue weighted by Gasteiger charge is 2.29. The van der Waals surface area contributed by atoms with Crippen molar-refractivity contribution in [3.05, 3.63) is 35.4 Å². The number of nitriles is 1. The minimum Gasteiger partial charge on any atom is -0.378 e. The zero-order valence-corrected chi connectivity index (χ0v) is 11.6. The van der Waals surface area contributed by atoms with E-state index in [0.717, 1.165) is 0 Å². The van der Waals surface area contributed by atoms with E-state index >= 15 is 0 Å². The highest BCUT2D eigenvalue weighted by atomic mass is 32.2. The van der Waals surface area contributed by atoms with Gasteiger partial charge >= 0.3 is 0 Å². The van der Waals surface area contributed by atoms with Crippen LogP contribution in [0.1, 0.15) is 18.1 Å². The van der Waals surface area contributed by atoms with Crippen LogP contribution in [-0.4, -0.2) is 38.5 Å². The molecule has 1 heterocycles. The van der Waals surface area contributed by atoms with E-state index in [9.17, 15) is 8.42 Å². The van der Waals surface area contributed by atoms with E-state index < -0.39 is 10.0 Å². The predicted octanol–water partition coefficient (Wildman–Crippen LogP) is 1.11. The third-order valence-electron chi connectivity index (χ3n) is 3.10. The van der Waals surface area contributed by atoms with Crippen LogP contribution in [0.3, 0.4) is 0 Å². The Morgan fingerprint density at radius 3 is 2.68 bits per heavy atom. The van der Waals surface area contributed by atoms with Crippen LogP contribution >= 0.6 is 0 Å². The molecule has 19 heavy (non-hydrogen) atoms. The fraction of sp³-hybridized carbons (Fsp3) is 0.462. The molecule has 0 amide bonds. The quantitative estimate of drug-likeness (QED) is 0.831. The summed E-state index contributed by atoms with van der Waals surface area (Å²) in [7, 11) is -3.33. The van der Waals surface area contributed by atoms with E-state index in [2.05, 4.69) is 0 Å². The number of hydrogen-bond acceptors (Lipinski definition) is 4. The van der Waals surface area contributed by atoms with Crippen LogP contribution in [0.25, 0.3) is 0 Å². The van der Waals surface area contributed by atoms with Gasteiger partial charge in [-0.25, -0.2) is 8.42 Å². The number of sulfonamides is 1. The summed E-state index contributed by atoms with van der Waals surface area (Å²) in [6, 6.07) is 8.51. The fourth-order valence-corrected chi connectivity index (χ4v) is 3.84. The van der Waals surface area contributed by atoms with Crippen molar-refractivity contribution in [3.8, 4) is 6.07 Å². The Morgan fingerprint density at radius 1 is 1.42 bits per heavy atom. The number of hydrogen-bond donors (Lipinski definition) is 0. The van der Waals surface area contributed by atoms with Crippen LogP contribution in [0.5, 0.6) is 0 Å². The molecule has 1 atom stereocenters. The Labute approximate surface area is 113 Å². The maximum atomic E-state index is 12.3. The largest absolute Gasteiger partial charge is 0.378 e. The van der Waals surface area contributed by atoms with E-state index in [-0.39, 0.29) is 11.8 Å². The summed E-state index contributed by atoms with van der Waals surface area (Å²) in [6.07, 6.45) is 0. The first-order valence-electron chi connectivity index (χ1n) is 6.09. The SMILES string of the molecule is CC1COCCN1S(=O)(=O)Cc1ccc(C#N)cc1. The zero-order chi connectivity index (χ0) is 13.9. The summed E-state index contributed by atoms with van der Waals surface area (Å²) in [5.74, 6) is -0.0386. The van der Waals surface area contributed by atoms with Crippen LogP contribution in [-0.2, 0) is 20.5 Å². The first-order valence-corrected chi connectivity index (χ1v) is 7.70. The van der Waals surface area contributed by atoms with Gasteiger partial charge in [0.25, 0.3) is 0 Å². The molecule has 0 N–H and O–H groups in total. The highest BCUT2D eigenvalue weighted by Crippen LogP contribution is 2.17. The fourth-order valence-electron chi connectivity index (χ4n) is 2.09. The molecule has 1 unspecified atom stereocenters. The van der Waals surface area contributed by atoms with E-state index in [0.29, 0.717) is 30.9 Å². The molecular formula is C13H16N2O3S. The van der Waals surface area contributed by atoms with Gasteiger partial charge in [-0.15, -0.1) is 0 Å². The minimum atomic E-state index is -3.33. The Hall–Kier alpha value is -1.42. The third kappa shape index (κ3) is 3.32. The second-order valence-electron chi connectivity index (χ2n) is 4.60. The second kappa shape index (κ2) is 5.70. The molecule has 0 bridgehead atoms. The summed E-state index contributed by atoms with van der Waals surface area (Å²) in [4.78, 5) is 0. The molecule has 1 fully saturated rings. The summed E-state index contributed by atoms with van der Waals surface area (Å²) in [5, 5.41) is 8.71. The molecule has 0 aliphatic carbocycles. The second-order valence-corrected chi connectivity index (χ2v) is 6.52. The number of nitrogens with zero attached hydrogens (tertiary/aromatic N) is 2. The van der Waals surface area contributed by atoms with Crippen LogP contribution in [0.4, 0.5) is 0 Å². The summed E-state index contributed by atoms with van der Waals surface area (Å²) in [6.45, 7) is 3.12. The van der Waals surface area contributed by atoms with Gasteiger partial charge in [-0.1, -0.05) is 12.1 Å². The molecule has 1 saturated heterocycles. The molecule has 6 heteroatoms. The lowest BCUT2D eigenvalue weighted by Gasteiger charge is -2.32. The van der Waals surface area contributed by atoms with Crippen molar-refractivity contribution in [2.75, 3.05) is 19.8 Å². The lowest BCUT2D eigenvalue weighted by Crippen LogP contribution is -2.47. The minimum absolute atomic E-state index is 0.0386. The standard InChI is InChI=1S/C13H16N2O3S/c1-11-9-18-7-6-15(11)19(16,17)10-13-4-2-12(8-14)3-5-13/h2-5,11H,6-7,9-10H2,1H3. The van der Waals surface area contributed by atoms with E-state index in [1.165, 1.54) is 4.31 Å². The van der Waals surface area contributed by atoms with Gasteiger partial charge in [0.05, 0.1) is 30.6 Å². The molecular weight excluding hydrogens is 264 g/mol. The molecule has 0 radical (unpaired) electrons. The zero-order valence-electron chi connectivity index (χ0n) is 10.7. The number of ether oxygens (including phenoxy) is 1. The van der Waals surface area contributed by atoms with Gasteiger partial charge in [-0.05, 0) is 24.6 Å². The van der Waals surface area contributed by atoms with Gasteiger partial charge in [0.2, 0.25) is 10.0 Å². The molecule has 1 aromatic carbocycles. The monoisotopic (exact) mass is 280 g/mol. The van der Waals surface area contributed by atoms with Gasteiger partial charge in [-0.3, -0.25) is 0 Å². The van der Waals surface area contributed by atoms with Crippen molar-refractivity contribution in [1.29, 1.82) is 5.26 Å². The van der Waals surface area contributed by atoms with Crippen LogP contribution < -0.4 is 0 Å². The smallest absolute Gasteiger partial charge is 0.218 e. The maximum absolute atomic E-state index is 12.3. The van der Waals surface area contributed by atoms with Crippen molar-refractivity contribution in [1.82, 2.24) is 4.31 Å². The first kappa shape index (κ1) is 14.0. The Balaban J connectivity index is 2.14. The molecule has 0 spiro atoms. The number of rotatable bonds is 3. The lowest BCUT2D eigenvalue weighted by molar-refractivity contribution is 0.0392. The van der Waals surface area contributed by atoms with Gasteiger partial charge in [0, 0.05) is 12.6 Å². The van der Waals surface area contributed by atoms with Crippen molar-refractivity contribution in [3.63, 3.8) is 0 Å². The van der Waals surface area contributed by atoms with Gasteiger partial charge in [-0.2, -0.15) is 9.57 Å². The Bertz CT molecular complexity index is 575. The van der Waals surface area contributed by atoms with Gasteiger partial charge < -0.3 is 4.74 Å². The third-order valence-corrected chi connectivity index (χ3v) is 5.05. The van der Waals surface area contributed by atoms with E-state index in [1.54, 1.807) is 24.3 Å². The van der Waals surface area contributed by atoms with Crippen LogP contribution in [0, 0.1) is 11.3 Å². The molecule has 102 valence electrons. The Morgan fingerprint density at radius 2 is 2.11 bits per heavy atom. The summed E-state index contributed by atoms with van der Waals surface area (Å²) < 4.78 is 31.4. The van der Waals surface area contributed by atoms with Crippen molar-refractivity contribution >= 4 is 10.0 Å². The van der Waals surface area contributed by atoms with Crippen LogP contribution in [0.15, 0.2) is 24.3 Å². The van der Waals surface area contributed by atoms with Gasteiger partial charge in [0.1, 0.15) is 0 Å². The van der Waals surface area contributed by atoms with E-state index in [4.69, 9.17) is 10.00 Å². The van der Waals surface area contributed by atoms with Crippen molar-refractivity contribution in [2.24, 2.45) is 0 Å². The van der Waals surface area contributed by atoms with Crippen molar-refractivity contribution < 1.29 is 13.2 Å². The average Bonchev–Trinajstić information content (AvgIpc) is 2.39. The lowest BCUT2D eigenvalue weighted by atomic mass is 10.2. The van der Waals surface area contributed by atoms with Crippen molar-refractivity contribution in [2.45, 2.75) is 18.7 Å². The number of morpholine rings is 1. The van der Waals surface area contributed by atoms with E-state index in [1.807, 2.05) is 13.0 Å². The molecule has 5 nitrogen and oxygen atoms in total.